The Morgan fingerprint density at radius 3 is 2.58 bits per heavy atom. The molecule has 2 aromatic rings. The summed E-state index contributed by atoms with van der Waals surface area (Å²) in [4.78, 5) is 0. The van der Waals surface area contributed by atoms with Gasteiger partial charge < -0.3 is 5.32 Å². The Balaban J connectivity index is 1.92. The fraction of sp³-hybridized carbons (Fsp3) is 0.385. The van der Waals surface area contributed by atoms with Crippen LogP contribution in [0.3, 0.4) is 0 Å². The third kappa shape index (κ3) is 3.57. The maximum absolute atomic E-state index is 13.5. The van der Waals surface area contributed by atoms with Gasteiger partial charge in [-0.1, -0.05) is 11.3 Å². The van der Waals surface area contributed by atoms with Crippen LogP contribution in [0.5, 0.6) is 0 Å². The van der Waals surface area contributed by atoms with Gasteiger partial charge in [0, 0.05) is 31.4 Å². The lowest BCUT2D eigenvalue weighted by molar-refractivity contribution is 0.497. The molecule has 0 spiro atoms. The number of aryl methyl sites for hydroxylation is 1. The van der Waals surface area contributed by atoms with Crippen LogP contribution in [0, 0.1) is 11.6 Å². The van der Waals surface area contributed by atoms with Crippen molar-refractivity contribution < 1.29 is 8.78 Å². The van der Waals surface area contributed by atoms with Gasteiger partial charge in [-0.25, -0.2) is 8.78 Å². The lowest BCUT2D eigenvalue weighted by Gasteiger charge is -2.13. The molecule has 0 aliphatic carbocycles. The quantitative estimate of drug-likeness (QED) is 0.897. The van der Waals surface area contributed by atoms with Crippen LogP contribution >= 0.6 is 0 Å². The van der Waals surface area contributed by atoms with Gasteiger partial charge in [0.2, 0.25) is 0 Å². The SMILES string of the molecule is CC(Cc1c(F)cccc1F)NCc1cn(C)nn1. The molecule has 6 heteroatoms. The van der Waals surface area contributed by atoms with Crippen molar-refractivity contribution in [2.45, 2.75) is 25.9 Å². The summed E-state index contributed by atoms with van der Waals surface area (Å²) in [5.74, 6) is -1.01. The average Bonchev–Trinajstić information content (AvgIpc) is 2.77. The molecule has 0 amide bonds. The maximum Gasteiger partial charge on any atom is 0.129 e. The number of nitrogens with zero attached hydrogens (tertiary/aromatic N) is 3. The molecule has 1 atom stereocenters. The van der Waals surface area contributed by atoms with E-state index in [0.717, 1.165) is 5.69 Å². The smallest absolute Gasteiger partial charge is 0.129 e. The van der Waals surface area contributed by atoms with E-state index >= 15 is 0 Å². The lowest BCUT2D eigenvalue weighted by atomic mass is 10.1. The molecule has 2 rings (SSSR count). The van der Waals surface area contributed by atoms with Crippen LogP contribution in [-0.2, 0) is 20.0 Å². The summed E-state index contributed by atoms with van der Waals surface area (Å²) in [6.45, 7) is 2.40. The molecule has 0 fully saturated rings. The van der Waals surface area contributed by atoms with Gasteiger partial charge >= 0.3 is 0 Å². The minimum absolute atomic E-state index is 0.0617. The molecule has 1 aromatic carbocycles. The predicted octanol–water partition coefficient (Wildman–Crippen LogP) is 1.81. The first-order valence-corrected chi connectivity index (χ1v) is 6.07. The standard InChI is InChI=1S/C13H16F2N4/c1-9(16-7-10-8-19(2)18-17-10)6-11-12(14)4-3-5-13(11)15/h3-5,8-9,16H,6-7H2,1-2H3. The summed E-state index contributed by atoms with van der Waals surface area (Å²) in [5.41, 5.74) is 0.907. The molecule has 102 valence electrons. The van der Waals surface area contributed by atoms with Gasteiger partial charge in [-0.2, -0.15) is 0 Å². The van der Waals surface area contributed by atoms with Gasteiger partial charge in [0.25, 0.3) is 0 Å². The van der Waals surface area contributed by atoms with E-state index in [4.69, 9.17) is 0 Å². The van der Waals surface area contributed by atoms with E-state index in [9.17, 15) is 8.78 Å². The van der Waals surface area contributed by atoms with E-state index in [-0.39, 0.29) is 11.6 Å². The van der Waals surface area contributed by atoms with Gasteiger partial charge in [-0.15, -0.1) is 5.10 Å². The summed E-state index contributed by atoms with van der Waals surface area (Å²) in [5, 5.41) is 10.9. The molecule has 0 saturated heterocycles. The third-order valence-electron chi connectivity index (χ3n) is 2.85. The number of hydrogen-bond acceptors (Lipinski definition) is 3. The predicted molar refractivity (Wildman–Crippen MR) is 67.4 cm³/mol. The number of nitrogens with one attached hydrogen (secondary N) is 1. The Morgan fingerprint density at radius 2 is 2.00 bits per heavy atom. The minimum Gasteiger partial charge on any atom is -0.308 e. The first-order valence-electron chi connectivity index (χ1n) is 6.07. The highest BCUT2D eigenvalue weighted by molar-refractivity contribution is 5.20. The van der Waals surface area contributed by atoms with Crippen LogP contribution in [0.25, 0.3) is 0 Å². The van der Waals surface area contributed by atoms with Crippen molar-refractivity contribution in [3.8, 4) is 0 Å². The fourth-order valence-corrected chi connectivity index (χ4v) is 1.86. The number of benzene rings is 1. The average molecular weight is 266 g/mol. The lowest BCUT2D eigenvalue weighted by Crippen LogP contribution is -2.28. The second-order valence-corrected chi connectivity index (χ2v) is 4.57. The van der Waals surface area contributed by atoms with Gasteiger partial charge in [-0.3, -0.25) is 4.68 Å². The van der Waals surface area contributed by atoms with E-state index in [1.54, 1.807) is 17.9 Å². The Morgan fingerprint density at radius 1 is 1.32 bits per heavy atom. The molecule has 19 heavy (non-hydrogen) atoms. The first-order chi connectivity index (χ1) is 9.06. The second kappa shape index (κ2) is 5.88. The van der Waals surface area contributed by atoms with Crippen LogP contribution in [0.15, 0.2) is 24.4 Å². The second-order valence-electron chi connectivity index (χ2n) is 4.57. The van der Waals surface area contributed by atoms with Crippen molar-refractivity contribution in [3.63, 3.8) is 0 Å². The summed E-state index contributed by atoms with van der Waals surface area (Å²) in [7, 11) is 1.79. The number of aromatic nitrogens is 3. The third-order valence-corrected chi connectivity index (χ3v) is 2.85. The maximum atomic E-state index is 13.5. The van der Waals surface area contributed by atoms with Gasteiger partial charge in [0.05, 0.1) is 5.69 Å². The van der Waals surface area contributed by atoms with Crippen molar-refractivity contribution in [1.29, 1.82) is 0 Å². The number of halogens is 2. The molecular formula is C13H16F2N4. The first kappa shape index (κ1) is 13.6. The summed E-state index contributed by atoms with van der Waals surface area (Å²) in [6.07, 6.45) is 2.09. The zero-order chi connectivity index (χ0) is 13.8. The number of hydrogen-bond donors (Lipinski definition) is 1. The van der Waals surface area contributed by atoms with Crippen LogP contribution in [0.4, 0.5) is 8.78 Å². The van der Waals surface area contributed by atoms with E-state index in [0.29, 0.717) is 13.0 Å². The van der Waals surface area contributed by atoms with E-state index in [2.05, 4.69) is 15.6 Å². The van der Waals surface area contributed by atoms with Crippen LogP contribution in [-0.4, -0.2) is 21.0 Å². The Hall–Kier alpha value is -1.82. The summed E-state index contributed by atoms with van der Waals surface area (Å²) < 4.78 is 28.6. The van der Waals surface area contributed by atoms with Crippen LogP contribution in [0.2, 0.25) is 0 Å². The van der Waals surface area contributed by atoms with Gasteiger partial charge in [0.15, 0.2) is 0 Å². The van der Waals surface area contributed by atoms with Gasteiger partial charge in [0.1, 0.15) is 11.6 Å². The molecule has 0 radical (unpaired) electrons. The van der Waals surface area contributed by atoms with Crippen molar-refractivity contribution in [2.75, 3.05) is 0 Å². The molecule has 0 bridgehead atoms. The van der Waals surface area contributed by atoms with E-state index in [1.165, 1.54) is 18.2 Å². The topological polar surface area (TPSA) is 42.7 Å². The molecule has 1 heterocycles. The Labute approximate surface area is 110 Å². The largest absolute Gasteiger partial charge is 0.308 e. The molecule has 1 N–H and O–H groups in total. The molecule has 1 aromatic heterocycles. The zero-order valence-corrected chi connectivity index (χ0v) is 10.9. The minimum atomic E-state index is -0.506. The van der Waals surface area contributed by atoms with Crippen molar-refractivity contribution >= 4 is 0 Å². The normalized spacial score (nSPS) is 12.6. The Kier molecular flexibility index (Phi) is 4.21. The molecule has 4 nitrogen and oxygen atoms in total. The van der Waals surface area contributed by atoms with Gasteiger partial charge in [-0.05, 0) is 25.5 Å². The molecule has 0 saturated carbocycles. The van der Waals surface area contributed by atoms with Crippen molar-refractivity contribution in [1.82, 2.24) is 20.3 Å². The van der Waals surface area contributed by atoms with Crippen molar-refractivity contribution in [3.05, 3.63) is 47.3 Å². The van der Waals surface area contributed by atoms with Crippen LogP contribution < -0.4 is 5.32 Å². The Bertz CT molecular complexity index is 533. The highest BCUT2D eigenvalue weighted by Crippen LogP contribution is 2.14. The zero-order valence-electron chi connectivity index (χ0n) is 10.9. The monoisotopic (exact) mass is 266 g/mol. The summed E-state index contributed by atoms with van der Waals surface area (Å²) >= 11 is 0. The number of rotatable bonds is 5. The van der Waals surface area contributed by atoms with Crippen LogP contribution in [0.1, 0.15) is 18.2 Å². The fourth-order valence-electron chi connectivity index (χ4n) is 1.86. The molecular weight excluding hydrogens is 250 g/mol. The van der Waals surface area contributed by atoms with Crippen molar-refractivity contribution in [2.24, 2.45) is 7.05 Å². The van der Waals surface area contributed by atoms with E-state index in [1.807, 2.05) is 6.92 Å². The molecule has 1 unspecified atom stereocenters. The molecule has 0 aliphatic rings. The van der Waals surface area contributed by atoms with E-state index < -0.39 is 11.6 Å². The summed E-state index contributed by atoms with van der Waals surface area (Å²) in [6, 6.07) is 3.85. The highest BCUT2D eigenvalue weighted by Gasteiger charge is 2.12. The molecule has 0 aliphatic heterocycles. The highest BCUT2D eigenvalue weighted by atomic mass is 19.1.